The van der Waals surface area contributed by atoms with Gasteiger partial charge in [0.2, 0.25) is 5.91 Å². The molecule has 2 rings (SSSR count). The fourth-order valence-electron chi connectivity index (χ4n) is 1.70. The van der Waals surface area contributed by atoms with E-state index in [4.69, 9.17) is 0 Å². The second kappa shape index (κ2) is 6.90. The lowest BCUT2D eigenvalue weighted by molar-refractivity contribution is -0.115. The maximum Gasteiger partial charge on any atom is 0.238 e. The Kier molecular flexibility index (Phi) is 4.94. The molecule has 2 aromatic rings. The summed E-state index contributed by atoms with van der Waals surface area (Å²) in [5.74, 6) is -2.70. The third-order valence-electron chi connectivity index (χ3n) is 2.73. The largest absolute Gasteiger partial charge is 0.325 e. The van der Waals surface area contributed by atoms with Crippen LogP contribution in [-0.2, 0) is 11.3 Å². The molecule has 0 bridgehead atoms. The molecule has 6 heteroatoms. The van der Waals surface area contributed by atoms with Crippen molar-refractivity contribution in [2.75, 3.05) is 11.9 Å². The number of hydrogen-bond acceptors (Lipinski definition) is 2. The van der Waals surface area contributed by atoms with Crippen molar-refractivity contribution in [3.8, 4) is 0 Å². The van der Waals surface area contributed by atoms with E-state index in [0.717, 1.165) is 17.7 Å². The van der Waals surface area contributed by atoms with Gasteiger partial charge in [0, 0.05) is 18.3 Å². The molecule has 0 unspecified atom stereocenters. The van der Waals surface area contributed by atoms with Crippen molar-refractivity contribution in [2.24, 2.45) is 0 Å². The summed E-state index contributed by atoms with van der Waals surface area (Å²) in [4.78, 5) is 11.6. The number of carbonyl (C=O) groups is 1. The molecule has 1 amide bonds. The molecule has 0 fully saturated rings. The molecule has 0 aliphatic rings. The van der Waals surface area contributed by atoms with Crippen molar-refractivity contribution in [2.45, 2.75) is 6.54 Å². The van der Waals surface area contributed by atoms with E-state index in [1.165, 1.54) is 18.2 Å². The van der Waals surface area contributed by atoms with Gasteiger partial charge in [0.25, 0.3) is 0 Å². The first-order valence-electron chi connectivity index (χ1n) is 6.24. The molecule has 0 spiro atoms. The van der Waals surface area contributed by atoms with E-state index in [1.807, 2.05) is 0 Å². The number of carbonyl (C=O) groups excluding carboxylic acids is 1. The molecule has 2 aromatic carbocycles. The van der Waals surface area contributed by atoms with E-state index >= 15 is 0 Å². The Balaban J connectivity index is 1.79. The number of anilines is 1. The van der Waals surface area contributed by atoms with E-state index in [0.29, 0.717) is 6.54 Å². The van der Waals surface area contributed by atoms with Crippen molar-refractivity contribution < 1.29 is 18.0 Å². The zero-order valence-electron chi connectivity index (χ0n) is 11.0. The summed E-state index contributed by atoms with van der Waals surface area (Å²) in [6, 6.07) is 9.00. The van der Waals surface area contributed by atoms with Crippen LogP contribution in [0.1, 0.15) is 5.56 Å². The molecule has 0 aromatic heterocycles. The lowest BCUT2D eigenvalue weighted by Gasteiger charge is -2.07. The van der Waals surface area contributed by atoms with Gasteiger partial charge in [-0.05, 0) is 29.8 Å². The average Bonchev–Trinajstić information content (AvgIpc) is 2.45. The Labute approximate surface area is 119 Å². The van der Waals surface area contributed by atoms with Crippen LogP contribution in [-0.4, -0.2) is 12.5 Å². The van der Waals surface area contributed by atoms with Crippen molar-refractivity contribution in [3.05, 3.63) is 65.5 Å². The van der Waals surface area contributed by atoms with Crippen molar-refractivity contribution in [1.82, 2.24) is 5.32 Å². The van der Waals surface area contributed by atoms with E-state index in [-0.39, 0.29) is 24.0 Å². The molecule has 110 valence electrons. The molecule has 2 N–H and O–H groups in total. The van der Waals surface area contributed by atoms with E-state index in [2.05, 4.69) is 10.6 Å². The molecule has 0 heterocycles. The predicted octanol–water partition coefficient (Wildman–Crippen LogP) is 2.83. The van der Waals surface area contributed by atoms with Crippen LogP contribution < -0.4 is 10.6 Å². The highest BCUT2D eigenvalue weighted by molar-refractivity contribution is 5.92. The lowest BCUT2D eigenvalue weighted by atomic mass is 10.2. The zero-order valence-corrected chi connectivity index (χ0v) is 11.0. The number of rotatable bonds is 5. The van der Waals surface area contributed by atoms with Crippen molar-refractivity contribution in [1.29, 1.82) is 0 Å². The maximum absolute atomic E-state index is 13.0. The van der Waals surface area contributed by atoms with Gasteiger partial charge >= 0.3 is 0 Å². The fraction of sp³-hybridized carbons (Fsp3) is 0.133. The van der Waals surface area contributed by atoms with Crippen LogP contribution in [0.2, 0.25) is 0 Å². The Morgan fingerprint density at radius 2 is 1.67 bits per heavy atom. The van der Waals surface area contributed by atoms with Crippen LogP contribution in [0, 0.1) is 17.5 Å². The van der Waals surface area contributed by atoms with Gasteiger partial charge in [0.15, 0.2) is 11.6 Å². The van der Waals surface area contributed by atoms with Crippen LogP contribution in [0.15, 0.2) is 42.5 Å². The van der Waals surface area contributed by atoms with Gasteiger partial charge in [-0.25, -0.2) is 13.2 Å². The first-order valence-corrected chi connectivity index (χ1v) is 6.24. The summed E-state index contributed by atoms with van der Waals surface area (Å²) >= 11 is 0. The standard InChI is InChI=1S/C15H13F3N2O/c16-11-3-1-10(2-4-11)8-19-9-15(21)20-12-5-6-13(17)14(18)7-12/h1-7,19H,8-9H2,(H,20,21). The zero-order chi connectivity index (χ0) is 15.2. The summed E-state index contributed by atoms with van der Waals surface area (Å²) in [7, 11) is 0. The van der Waals surface area contributed by atoms with Crippen molar-refractivity contribution in [3.63, 3.8) is 0 Å². The molecule has 0 saturated heterocycles. The molecule has 0 atom stereocenters. The minimum atomic E-state index is -1.02. The fourth-order valence-corrected chi connectivity index (χ4v) is 1.70. The third-order valence-corrected chi connectivity index (χ3v) is 2.73. The Hall–Kier alpha value is -2.34. The summed E-state index contributed by atoms with van der Waals surface area (Å²) in [6.07, 6.45) is 0. The van der Waals surface area contributed by atoms with Gasteiger partial charge in [-0.2, -0.15) is 0 Å². The highest BCUT2D eigenvalue weighted by atomic mass is 19.2. The van der Waals surface area contributed by atoms with Crippen LogP contribution in [0.5, 0.6) is 0 Å². The van der Waals surface area contributed by atoms with Crippen LogP contribution in [0.4, 0.5) is 18.9 Å². The van der Waals surface area contributed by atoms with Gasteiger partial charge in [0.1, 0.15) is 5.82 Å². The van der Waals surface area contributed by atoms with Crippen LogP contribution in [0.3, 0.4) is 0 Å². The number of amides is 1. The monoisotopic (exact) mass is 294 g/mol. The highest BCUT2D eigenvalue weighted by Gasteiger charge is 2.06. The molecule has 0 aliphatic heterocycles. The summed E-state index contributed by atoms with van der Waals surface area (Å²) in [6.45, 7) is 0.391. The lowest BCUT2D eigenvalue weighted by Crippen LogP contribution is -2.27. The third kappa shape index (κ3) is 4.61. The first-order chi connectivity index (χ1) is 10.0. The summed E-state index contributed by atoms with van der Waals surface area (Å²) < 4.78 is 38.4. The van der Waals surface area contributed by atoms with Gasteiger partial charge in [-0.1, -0.05) is 12.1 Å². The van der Waals surface area contributed by atoms with Crippen molar-refractivity contribution >= 4 is 11.6 Å². The molecular weight excluding hydrogens is 281 g/mol. The van der Waals surface area contributed by atoms with E-state index in [9.17, 15) is 18.0 Å². The highest BCUT2D eigenvalue weighted by Crippen LogP contribution is 2.12. The molecule has 0 aliphatic carbocycles. The van der Waals surface area contributed by atoms with Gasteiger partial charge in [0.05, 0.1) is 6.54 Å². The number of hydrogen-bond donors (Lipinski definition) is 2. The Morgan fingerprint density at radius 3 is 2.33 bits per heavy atom. The Morgan fingerprint density at radius 1 is 0.952 bits per heavy atom. The molecule has 3 nitrogen and oxygen atoms in total. The maximum atomic E-state index is 13.0. The summed E-state index contributed by atoms with van der Waals surface area (Å²) in [5.41, 5.74) is 1.01. The van der Waals surface area contributed by atoms with Gasteiger partial charge in [-0.3, -0.25) is 4.79 Å². The molecular formula is C15H13F3N2O. The first kappa shape index (κ1) is 15.1. The minimum Gasteiger partial charge on any atom is -0.325 e. The predicted molar refractivity (Wildman–Crippen MR) is 73.1 cm³/mol. The molecule has 21 heavy (non-hydrogen) atoms. The summed E-state index contributed by atoms with van der Waals surface area (Å²) in [5, 5.41) is 5.30. The Bertz CT molecular complexity index is 629. The van der Waals surface area contributed by atoms with Gasteiger partial charge < -0.3 is 10.6 Å². The number of nitrogens with one attached hydrogen (secondary N) is 2. The topological polar surface area (TPSA) is 41.1 Å². The smallest absolute Gasteiger partial charge is 0.238 e. The average molecular weight is 294 g/mol. The molecule has 0 saturated carbocycles. The normalized spacial score (nSPS) is 10.4. The number of benzene rings is 2. The second-order valence-corrected chi connectivity index (χ2v) is 4.41. The second-order valence-electron chi connectivity index (χ2n) is 4.41. The minimum absolute atomic E-state index is 0.00360. The number of halogens is 3. The van der Waals surface area contributed by atoms with Crippen LogP contribution in [0.25, 0.3) is 0 Å². The van der Waals surface area contributed by atoms with Crippen LogP contribution >= 0.6 is 0 Å². The quantitative estimate of drug-likeness (QED) is 0.890. The molecule has 0 radical (unpaired) electrons. The van der Waals surface area contributed by atoms with Gasteiger partial charge in [-0.15, -0.1) is 0 Å². The van der Waals surface area contributed by atoms with E-state index < -0.39 is 11.6 Å². The SMILES string of the molecule is O=C(CNCc1ccc(F)cc1)Nc1ccc(F)c(F)c1. The van der Waals surface area contributed by atoms with E-state index in [1.54, 1.807) is 12.1 Å².